The van der Waals surface area contributed by atoms with E-state index < -0.39 is 0 Å². The number of aromatic nitrogens is 3. The Morgan fingerprint density at radius 1 is 0.717 bits per heavy atom. The van der Waals surface area contributed by atoms with E-state index in [4.69, 9.17) is 5.73 Å². The fourth-order valence-electron chi connectivity index (χ4n) is 4.17. The van der Waals surface area contributed by atoms with Crippen molar-refractivity contribution in [3.8, 4) is 5.75 Å². The van der Waals surface area contributed by atoms with E-state index in [9.17, 15) is 26.0 Å². The second-order valence-electron chi connectivity index (χ2n) is 9.32. The Morgan fingerprint density at radius 2 is 1.36 bits per heavy atom. The van der Waals surface area contributed by atoms with Gasteiger partial charge in [-0.2, -0.15) is 28.0 Å². The number of phenols is 1. The molecule has 26 heteroatoms. The van der Waals surface area contributed by atoms with Crippen molar-refractivity contribution >= 4 is 93.2 Å². The van der Waals surface area contributed by atoms with Gasteiger partial charge >= 0.3 is 88.7 Å². The average Bonchev–Trinajstić information content (AvgIpc) is 3.12. The molecule has 7 N–H and O–H groups in total. The summed E-state index contributed by atoms with van der Waals surface area (Å²) in [5.74, 6) is -0.0420. The van der Waals surface area contributed by atoms with E-state index in [-0.39, 0.29) is 148 Å². The Morgan fingerprint density at radius 3 is 2.04 bits per heavy atom. The predicted octanol–water partition coefficient (Wildman–Crippen LogP) is -5.68. The zero-order valence-electron chi connectivity index (χ0n) is 27.9. The van der Waals surface area contributed by atoms with Gasteiger partial charge in [-0.15, -0.1) is 10.2 Å². The van der Waals surface area contributed by atoms with Crippen LogP contribution < -0.4 is 126 Å². The molecule has 1 heterocycles. The van der Waals surface area contributed by atoms with Crippen LogP contribution in [-0.4, -0.2) is 38.3 Å². The Labute approximate surface area is 379 Å². The van der Waals surface area contributed by atoms with E-state index in [0.717, 1.165) is 12.0 Å². The molecule has 5 aromatic rings. The summed E-state index contributed by atoms with van der Waals surface area (Å²) >= 11 is 1.87. The van der Waals surface area contributed by atoms with Gasteiger partial charge in [0, 0.05) is 27.7 Å². The Hall–Kier alpha value is -1.60. The summed E-state index contributed by atoms with van der Waals surface area (Å²) < 4.78 is 13.2. The largest absolute Gasteiger partial charge is 1.00 e. The van der Waals surface area contributed by atoms with Gasteiger partial charge in [0.2, 0.25) is 17.8 Å². The van der Waals surface area contributed by atoms with Gasteiger partial charge < -0.3 is 47.7 Å². The molecule has 4 aromatic carbocycles. The van der Waals surface area contributed by atoms with Crippen LogP contribution in [0.2, 0.25) is 0 Å². The molecule has 0 aliphatic heterocycles. The minimum absolute atomic E-state index is 0. The van der Waals surface area contributed by atoms with Crippen molar-refractivity contribution in [3.63, 3.8) is 0 Å². The SMILES string of the molecule is Nc1ccc(N=Nc2c(Nc3nc(NCCO)nc(Nc4ccc(SOO[O-])cc4)n3)ccc3cc(SOO[O-])cc(O)c23)c(SOO[O-])c1.[Na+].[Na+].[Na+]. The predicted molar refractivity (Wildman–Crippen MR) is 173 cm³/mol. The molecular formula is C27H22N9Na3O11S3. The van der Waals surface area contributed by atoms with Gasteiger partial charge in [0.1, 0.15) is 17.1 Å². The number of anilines is 6. The number of phenolic OH excluding ortho intramolecular Hbond substituents is 1. The number of benzene rings is 4. The van der Waals surface area contributed by atoms with Crippen LogP contribution >= 0.6 is 36.1 Å². The maximum absolute atomic E-state index is 11.1. The third kappa shape index (κ3) is 14.1. The van der Waals surface area contributed by atoms with E-state index in [0.29, 0.717) is 55.5 Å². The normalized spacial score (nSPS) is 10.7. The van der Waals surface area contributed by atoms with E-state index in [1.54, 1.807) is 48.5 Å². The van der Waals surface area contributed by atoms with Crippen molar-refractivity contribution in [3.05, 3.63) is 66.7 Å². The summed E-state index contributed by atoms with van der Waals surface area (Å²) in [5, 5.41) is 80.1. The van der Waals surface area contributed by atoms with Crippen molar-refractivity contribution in [2.75, 3.05) is 34.8 Å². The molecule has 0 amide bonds. The molecule has 0 fully saturated rings. The van der Waals surface area contributed by atoms with E-state index >= 15 is 0 Å². The third-order valence-corrected chi connectivity index (χ3v) is 7.91. The summed E-state index contributed by atoms with van der Waals surface area (Å²) in [6, 6.07) is 17.4. The van der Waals surface area contributed by atoms with Crippen LogP contribution in [0.25, 0.3) is 10.8 Å². The maximum atomic E-state index is 11.1. The quantitative estimate of drug-likeness (QED) is 0.0120. The number of azo groups is 1. The molecule has 0 saturated heterocycles. The second kappa shape index (κ2) is 24.8. The first-order valence-electron chi connectivity index (χ1n) is 13.7. The van der Waals surface area contributed by atoms with Gasteiger partial charge in [-0.05, 0) is 66.0 Å². The van der Waals surface area contributed by atoms with E-state index in [1.807, 2.05) is 0 Å². The van der Waals surface area contributed by atoms with Crippen molar-refractivity contribution in [2.45, 2.75) is 14.7 Å². The van der Waals surface area contributed by atoms with Crippen molar-refractivity contribution in [2.24, 2.45) is 10.2 Å². The molecule has 262 valence electrons. The van der Waals surface area contributed by atoms with E-state index in [2.05, 4.69) is 69.2 Å². The van der Waals surface area contributed by atoms with Crippen LogP contribution in [0.3, 0.4) is 0 Å². The number of aliphatic hydroxyl groups is 1. The molecular weight excluding hydrogens is 792 g/mol. The minimum atomic E-state index is -0.260. The summed E-state index contributed by atoms with van der Waals surface area (Å²) in [6.45, 7) is -0.0754. The van der Waals surface area contributed by atoms with Gasteiger partial charge in [-0.25, -0.2) is 0 Å². The number of hydrogen-bond acceptors (Lipinski definition) is 23. The second-order valence-corrected chi connectivity index (χ2v) is 11.6. The monoisotopic (exact) mass is 813 g/mol. The van der Waals surface area contributed by atoms with Crippen molar-refractivity contribution in [1.29, 1.82) is 0 Å². The average molecular weight is 814 g/mol. The fourth-order valence-corrected chi connectivity index (χ4v) is 5.44. The molecule has 5 rings (SSSR count). The third-order valence-electron chi connectivity index (χ3n) is 6.14. The minimum Gasteiger partial charge on any atom is -0.691 e. The first-order valence-corrected chi connectivity index (χ1v) is 15.9. The summed E-state index contributed by atoms with van der Waals surface area (Å²) in [5.41, 5.74) is 7.41. The molecule has 0 atom stereocenters. The van der Waals surface area contributed by atoms with Gasteiger partial charge in [0.25, 0.3) is 0 Å². The molecule has 20 nitrogen and oxygen atoms in total. The molecule has 0 aliphatic carbocycles. The summed E-state index contributed by atoms with van der Waals surface area (Å²) in [7, 11) is 0. The summed E-state index contributed by atoms with van der Waals surface area (Å²) in [6.07, 6.45) is 0. The number of hydrogen-bond donors (Lipinski definition) is 6. The van der Waals surface area contributed by atoms with Gasteiger partial charge in [-0.3, -0.25) is 15.1 Å². The zero-order chi connectivity index (χ0) is 35.3. The van der Waals surface area contributed by atoms with Crippen LogP contribution in [-0.2, 0) is 28.1 Å². The molecule has 0 bridgehead atoms. The number of nitrogens with zero attached hydrogens (tertiary/aromatic N) is 5. The molecule has 0 radical (unpaired) electrons. The van der Waals surface area contributed by atoms with Crippen molar-refractivity contribution < 1.29 is 143 Å². The van der Waals surface area contributed by atoms with Crippen LogP contribution in [0.1, 0.15) is 0 Å². The first kappa shape index (κ1) is 47.6. The van der Waals surface area contributed by atoms with Gasteiger partial charge in [0.05, 0.1) is 58.7 Å². The van der Waals surface area contributed by atoms with E-state index in [1.165, 1.54) is 18.2 Å². The Bertz CT molecular complexity index is 1950. The number of aliphatic hydroxyl groups excluding tert-OH is 1. The first-order chi connectivity index (χ1) is 24.4. The number of fused-ring (bicyclic) bond motifs is 1. The number of nitrogens with one attached hydrogen (secondary N) is 3. The van der Waals surface area contributed by atoms with Crippen LogP contribution in [0.4, 0.5) is 46.3 Å². The smallest absolute Gasteiger partial charge is 0.691 e. The maximum Gasteiger partial charge on any atom is 1.00 e. The number of nitrogen functional groups attached to an aromatic ring is 1. The summed E-state index contributed by atoms with van der Waals surface area (Å²) in [4.78, 5) is 14.4. The van der Waals surface area contributed by atoms with Crippen LogP contribution in [0.15, 0.2) is 91.6 Å². The number of rotatable bonds is 18. The molecule has 0 saturated carbocycles. The molecule has 0 spiro atoms. The molecule has 0 unspecified atom stereocenters. The van der Waals surface area contributed by atoms with Gasteiger partial charge in [0.15, 0.2) is 0 Å². The molecule has 0 aliphatic rings. The van der Waals surface area contributed by atoms with Crippen LogP contribution in [0.5, 0.6) is 5.75 Å². The van der Waals surface area contributed by atoms with Gasteiger partial charge in [-0.1, -0.05) is 6.07 Å². The van der Waals surface area contributed by atoms with Crippen molar-refractivity contribution in [1.82, 2.24) is 15.0 Å². The molecule has 1 aromatic heterocycles. The fraction of sp³-hybridized carbons (Fsp3) is 0.0741. The standard InChI is InChI=1S/C27H25N9O11S3.3Na/c28-15-2-8-19(22(12-15)50-47-44-41)35-36-24-20(7-1-14-11-18(49-46-43-40)13-21(38)23(14)24)31-27-33-25(29-9-10-37)32-26(34-27)30-16-3-5-17(6-4-16)48-45-42-39;;;/h1-8,11-13,37-41H,9-10,28H2,(H3,29,30,31,32,33,34);;;/q;3*+1/p-3. The Kier molecular flexibility index (Phi) is 22.3. The molecule has 53 heavy (non-hydrogen) atoms. The number of aromatic hydroxyl groups is 1. The Balaban J connectivity index is 0.00000324. The number of nitrogens with two attached hydrogens (primary N) is 1. The zero-order valence-corrected chi connectivity index (χ0v) is 36.3. The topological polar surface area (TPSA) is 291 Å². The van der Waals surface area contributed by atoms with Crippen LogP contribution in [0, 0.1) is 0 Å².